The molecule has 0 heterocycles. The Bertz CT molecular complexity index is 407. The van der Waals surface area contributed by atoms with Crippen molar-refractivity contribution in [3.05, 3.63) is 12.1 Å². The van der Waals surface area contributed by atoms with Gasteiger partial charge in [0.1, 0.15) is 0 Å². The largest absolute Gasteiger partial charge is 0.266 e. The van der Waals surface area contributed by atoms with Gasteiger partial charge in [0.05, 0.1) is 18.3 Å². The molecule has 0 radical (unpaired) electrons. The van der Waals surface area contributed by atoms with Crippen LogP contribution in [0.15, 0.2) is 12.1 Å². The first kappa shape index (κ1) is 7.20. The number of rotatable bonds is 5. The Morgan fingerprint density at radius 2 is 2.15 bits per heavy atom. The lowest BCUT2D eigenvalue weighted by atomic mass is 10.4. The van der Waals surface area contributed by atoms with Crippen LogP contribution in [0, 0.1) is 0 Å². The molecule has 0 aromatic heterocycles. The smallest absolute Gasteiger partial charge is 0.264 e. The van der Waals surface area contributed by atoms with Crippen molar-refractivity contribution in [2.24, 2.45) is 0 Å². The standard InChI is InChI=1S/C8H18O3SSi/c1-8(7-13(3,4)5)6-11-12(2,9)10/h1,6-7H2,2-5H3/i1D2,6D2. The van der Waals surface area contributed by atoms with E-state index in [1.165, 1.54) is 0 Å². The Morgan fingerprint density at radius 3 is 2.46 bits per heavy atom. The molecule has 0 unspecified atom stereocenters. The van der Waals surface area contributed by atoms with Gasteiger partial charge in [-0.15, -0.1) is 0 Å². The third-order valence-corrected chi connectivity index (χ3v) is 2.82. The molecule has 3 nitrogen and oxygen atoms in total. The highest BCUT2D eigenvalue weighted by Gasteiger charge is 2.15. The van der Waals surface area contributed by atoms with Crippen LogP contribution < -0.4 is 0 Å². The van der Waals surface area contributed by atoms with E-state index in [4.69, 9.17) is 5.48 Å². The summed E-state index contributed by atoms with van der Waals surface area (Å²) in [5.74, 6) is 0. The molecule has 0 saturated heterocycles. The predicted molar refractivity (Wildman–Crippen MR) is 58.1 cm³/mol. The van der Waals surface area contributed by atoms with Crippen LogP contribution in [0.1, 0.15) is 5.48 Å². The summed E-state index contributed by atoms with van der Waals surface area (Å²) < 4.78 is 55.8. The summed E-state index contributed by atoms with van der Waals surface area (Å²) in [6, 6.07) is 0.206. The molecule has 0 N–H and O–H groups in total. The molecule has 0 aliphatic carbocycles. The lowest BCUT2D eigenvalue weighted by molar-refractivity contribution is 0.352. The van der Waals surface area contributed by atoms with Crippen LogP contribution in [0.5, 0.6) is 0 Å². The number of hydrogen-bond acceptors (Lipinski definition) is 3. The van der Waals surface area contributed by atoms with E-state index >= 15 is 0 Å². The molecule has 0 fully saturated rings. The minimum absolute atomic E-state index is 0.206. The van der Waals surface area contributed by atoms with E-state index in [-0.39, 0.29) is 11.6 Å². The zero-order valence-electron chi connectivity index (χ0n) is 12.3. The summed E-state index contributed by atoms with van der Waals surface area (Å²) in [6.07, 6.45) is 0.741. The van der Waals surface area contributed by atoms with Crippen molar-refractivity contribution in [3.63, 3.8) is 0 Å². The Morgan fingerprint density at radius 1 is 1.62 bits per heavy atom. The first-order chi connectivity index (χ1) is 7.25. The van der Waals surface area contributed by atoms with Crippen molar-refractivity contribution in [2.75, 3.05) is 12.8 Å². The molecule has 0 aromatic rings. The molecule has 0 bridgehead atoms. The third kappa shape index (κ3) is 9.78. The molecule has 0 atom stereocenters. The Hall–Kier alpha value is -0.133. The van der Waals surface area contributed by atoms with Crippen molar-refractivity contribution in [3.8, 4) is 0 Å². The SMILES string of the molecule is [2H]C([2H])=C(C[Si](C)(C)C)C([2H])([2H])OS(C)(=O)=O. The van der Waals surface area contributed by atoms with Gasteiger partial charge in [0.15, 0.2) is 0 Å². The Labute approximate surface area is 87.6 Å². The van der Waals surface area contributed by atoms with E-state index in [0.717, 1.165) is 6.26 Å². The molecule has 78 valence electrons. The van der Waals surface area contributed by atoms with Crippen molar-refractivity contribution in [2.45, 2.75) is 25.7 Å². The van der Waals surface area contributed by atoms with Gasteiger partial charge >= 0.3 is 0 Å². The molecule has 13 heavy (non-hydrogen) atoms. The second-order valence-electron chi connectivity index (χ2n) is 4.11. The Kier molecular flexibility index (Phi) is 2.43. The summed E-state index contributed by atoms with van der Waals surface area (Å²) in [5, 5.41) is 0. The molecule has 0 spiro atoms. The van der Waals surface area contributed by atoms with Crippen LogP contribution in [0.25, 0.3) is 0 Å². The summed E-state index contributed by atoms with van der Waals surface area (Å²) in [5.41, 5.74) is -0.220. The zero-order chi connectivity index (χ0) is 14.1. The molecule has 5 heteroatoms. The van der Waals surface area contributed by atoms with Crippen LogP contribution in [0.2, 0.25) is 25.7 Å². The zero-order valence-corrected chi connectivity index (χ0v) is 10.2. The topological polar surface area (TPSA) is 43.4 Å². The van der Waals surface area contributed by atoms with Gasteiger partial charge in [-0.2, -0.15) is 8.42 Å². The highest BCUT2D eigenvalue weighted by Crippen LogP contribution is 2.15. The summed E-state index contributed by atoms with van der Waals surface area (Å²) in [6.45, 7) is 2.47. The normalized spacial score (nSPS) is 18.2. The second kappa shape index (κ2) is 4.39. The van der Waals surface area contributed by atoms with E-state index in [1.807, 2.05) is 19.6 Å². The molecule has 0 aliphatic heterocycles. The minimum Gasteiger partial charge on any atom is -0.266 e. The average molecular weight is 226 g/mol. The van der Waals surface area contributed by atoms with Crippen LogP contribution >= 0.6 is 0 Å². The third-order valence-electron chi connectivity index (χ3n) is 1.02. The summed E-state index contributed by atoms with van der Waals surface area (Å²) in [4.78, 5) is 0. The molecule has 0 amide bonds. The van der Waals surface area contributed by atoms with Crippen LogP contribution in [-0.2, 0) is 14.3 Å². The van der Waals surface area contributed by atoms with Gasteiger partial charge in [0, 0.05) is 8.07 Å². The highest BCUT2D eigenvalue weighted by molar-refractivity contribution is 7.85. The Balaban J connectivity index is 5.30. The molecular weight excluding hydrogens is 204 g/mol. The van der Waals surface area contributed by atoms with Crippen LogP contribution in [0.4, 0.5) is 0 Å². The maximum Gasteiger partial charge on any atom is 0.264 e. The van der Waals surface area contributed by atoms with Gasteiger partial charge in [0.25, 0.3) is 10.1 Å². The van der Waals surface area contributed by atoms with Gasteiger partial charge < -0.3 is 0 Å². The molecule has 0 aromatic carbocycles. The van der Waals surface area contributed by atoms with E-state index in [1.54, 1.807) is 0 Å². The van der Waals surface area contributed by atoms with Gasteiger partial charge in [0.2, 0.25) is 0 Å². The van der Waals surface area contributed by atoms with Crippen molar-refractivity contribution in [1.29, 1.82) is 0 Å². The fourth-order valence-electron chi connectivity index (χ4n) is 0.692. The monoisotopic (exact) mass is 226 g/mol. The van der Waals surface area contributed by atoms with Crippen molar-refractivity contribution >= 4 is 18.2 Å². The predicted octanol–water partition coefficient (Wildman–Crippen LogP) is 1.86. The lowest BCUT2D eigenvalue weighted by Gasteiger charge is -2.16. The average Bonchev–Trinajstić information content (AvgIpc) is 1.92. The highest BCUT2D eigenvalue weighted by atomic mass is 32.2. The summed E-state index contributed by atoms with van der Waals surface area (Å²) >= 11 is 0. The first-order valence-electron chi connectivity index (χ1n) is 5.82. The van der Waals surface area contributed by atoms with Gasteiger partial charge in [-0.25, -0.2) is 0 Å². The van der Waals surface area contributed by atoms with Gasteiger partial charge in [-0.3, -0.25) is 4.18 Å². The van der Waals surface area contributed by atoms with Crippen LogP contribution in [-0.4, -0.2) is 29.3 Å². The first-order valence-corrected chi connectivity index (χ1v) is 9.34. The second-order valence-corrected chi connectivity index (χ2v) is 11.2. The fourth-order valence-corrected chi connectivity index (χ4v) is 2.08. The maximum absolute atomic E-state index is 10.9. The van der Waals surface area contributed by atoms with E-state index < -0.39 is 31.3 Å². The quantitative estimate of drug-likeness (QED) is 0.408. The molecule has 0 rings (SSSR count). The lowest BCUT2D eigenvalue weighted by Crippen LogP contribution is -2.21. The van der Waals surface area contributed by atoms with Gasteiger partial charge in [-0.05, 0) is 6.04 Å². The summed E-state index contributed by atoms with van der Waals surface area (Å²) in [7, 11) is -5.76. The molecular formula is C8H18O3SSi. The molecule has 0 saturated carbocycles. The molecule has 0 aliphatic rings. The van der Waals surface area contributed by atoms with Crippen molar-refractivity contribution < 1.29 is 18.1 Å². The number of hydrogen-bond donors (Lipinski definition) is 0. The van der Waals surface area contributed by atoms with E-state index in [9.17, 15) is 8.42 Å². The van der Waals surface area contributed by atoms with Crippen molar-refractivity contribution in [1.82, 2.24) is 0 Å². The van der Waals surface area contributed by atoms with E-state index in [0.29, 0.717) is 0 Å². The van der Waals surface area contributed by atoms with E-state index in [2.05, 4.69) is 4.18 Å². The van der Waals surface area contributed by atoms with Crippen LogP contribution in [0.3, 0.4) is 0 Å². The van der Waals surface area contributed by atoms with Gasteiger partial charge in [-0.1, -0.05) is 31.7 Å². The fraction of sp³-hybridized carbons (Fsp3) is 0.750. The minimum atomic E-state index is -3.98. The maximum atomic E-state index is 10.9.